The van der Waals surface area contributed by atoms with Gasteiger partial charge in [0.25, 0.3) is 0 Å². The van der Waals surface area contributed by atoms with Gasteiger partial charge in [0, 0.05) is 23.4 Å². The van der Waals surface area contributed by atoms with Crippen LogP contribution in [0, 0.1) is 0 Å². The fourth-order valence-electron chi connectivity index (χ4n) is 5.98. The molecular weight excluding hydrogens is 486 g/mol. The van der Waals surface area contributed by atoms with Crippen LogP contribution in [0.1, 0.15) is 60.9 Å². The van der Waals surface area contributed by atoms with E-state index in [0.29, 0.717) is 6.04 Å². The standard InChI is InChI=1S/C29H31N.C8H6N2/c1-20(2)30-19-22-12-10-21(11-13-22)18-25-8-5-7-24-15-16-27-26-9-4-3-6-23(26)14-17-28(27)29(24)25;1-2-4-8-6-10-9-5-7(8)3-1/h4-5,7-13,15-16,20,30H,3,6,14,17-19H2,1-2H3;1-6H. The third-order valence-electron chi connectivity index (χ3n) is 8.07. The van der Waals surface area contributed by atoms with E-state index in [1.54, 1.807) is 23.5 Å². The van der Waals surface area contributed by atoms with Gasteiger partial charge in [-0.25, -0.2) is 0 Å². The zero-order valence-electron chi connectivity index (χ0n) is 23.5. The summed E-state index contributed by atoms with van der Waals surface area (Å²) in [6.07, 6.45) is 14.1. The number of benzene rings is 4. The van der Waals surface area contributed by atoms with Crippen molar-refractivity contribution in [1.82, 2.24) is 15.5 Å². The summed E-state index contributed by atoms with van der Waals surface area (Å²) in [6.45, 7) is 5.32. The smallest absolute Gasteiger partial charge is 0.0574 e. The number of nitrogens with zero attached hydrogens (tertiary/aromatic N) is 2. The van der Waals surface area contributed by atoms with Gasteiger partial charge in [0.2, 0.25) is 0 Å². The van der Waals surface area contributed by atoms with Crippen LogP contribution in [0.3, 0.4) is 0 Å². The van der Waals surface area contributed by atoms with E-state index in [9.17, 15) is 0 Å². The van der Waals surface area contributed by atoms with Gasteiger partial charge in [-0.3, -0.25) is 0 Å². The van der Waals surface area contributed by atoms with E-state index in [1.165, 1.54) is 64.3 Å². The van der Waals surface area contributed by atoms with Crippen LogP contribution >= 0.6 is 0 Å². The molecule has 0 bridgehead atoms. The molecule has 0 atom stereocenters. The van der Waals surface area contributed by atoms with E-state index in [-0.39, 0.29) is 0 Å². The lowest BCUT2D eigenvalue weighted by molar-refractivity contribution is 0.589. The van der Waals surface area contributed by atoms with Crippen molar-refractivity contribution < 1.29 is 0 Å². The second-order valence-corrected chi connectivity index (χ2v) is 11.2. The topological polar surface area (TPSA) is 37.8 Å². The quantitative estimate of drug-likeness (QED) is 0.251. The van der Waals surface area contributed by atoms with Crippen LogP contribution in [0.15, 0.2) is 109 Å². The number of aromatic nitrogens is 2. The molecule has 0 amide bonds. The van der Waals surface area contributed by atoms with Gasteiger partial charge in [-0.05, 0) is 76.3 Å². The first-order chi connectivity index (χ1) is 19.7. The van der Waals surface area contributed by atoms with Crippen molar-refractivity contribution >= 4 is 27.1 Å². The van der Waals surface area contributed by atoms with Crippen molar-refractivity contribution in [2.45, 2.75) is 58.5 Å². The fraction of sp³-hybridized carbons (Fsp3) is 0.243. The first-order valence-electron chi connectivity index (χ1n) is 14.5. The highest BCUT2D eigenvalue weighted by Crippen LogP contribution is 2.41. The second kappa shape index (κ2) is 12.0. The van der Waals surface area contributed by atoms with Gasteiger partial charge >= 0.3 is 0 Å². The molecule has 200 valence electrons. The van der Waals surface area contributed by atoms with Crippen molar-refractivity contribution in [3.05, 3.63) is 137 Å². The predicted octanol–water partition coefficient (Wildman–Crippen LogP) is 8.61. The number of hydrogen-bond donors (Lipinski definition) is 1. The third-order valence-corrected chi connectivity index (χ3v) is 8.07. The van der Waals surface area contributed by atoms with E-state index in [2.05, 4.69) is 96.1 Å². The molecule has 3 nitrogen and oxygen atoms in total. The summed E-state index contributed by atoms with van der Waals surface area (Å²) in [5.74, 6) is 0. The van der Waals surface area contributed by atoms with Crippen molar-refractivity contribution in [3.63, 3.8) is 0 Å². The molecule has 0 radical (unpaired) electrons. The van der Waals surface area contributed by atoms with E-state index in [0.717, 1.165) is 23.7 Å². The lowest BCUT2D eigenvalue weighted by Gasteiger charge is -2.26. The van der Waals surface area contributed by atoms with E-state index in [4.69, 9.17) is 0 Å². The van der Waals surface area contributed by atoms with Gasteiger partial charge in [0.05, 0.1) is 12.4 Å². The molecule has 1 heterocycles. The lowest BCUT2D eigenvalue weighted by Crippen LogP contribution is -2.21. The number of allylic oxidation sites excluding steroid dienone is 4. The number of nitrogens with one attached hydrogen (secondary N) is 1. The van der Waals surface area contributed by atoms with E-state index >= 15 is 0 Å². The Morgan fingerprint density at radius 1 is 0.725 bits per heavy atom. The summed E-state index contributed by atoms with van der Waals surface area (Å²) in [6, 6.07) is 29.2. The first kappa shape index (κ1) is 26.2. The SMILES string of the molecule is CC(C)NCc1ccc(Cc2cccc3ccc4c(c23)CCC2=C4C=CCC2)cc1.c1ccc2cnncc2c1. The molecule has 0 saturated heterocycles. The molecule has 3 heteroatoms. The molecule has 4 aromatic carbocycles. The fourth-order valence-corrected chi connectivity index (χ4v) is 5.98. The zero-order valence-corrected chi connectivity index (χ0v) is 23.5. The van der Waals surface area contributed by atoms with E-state index in [1.807, 2.05) is 24.3 Å². The first-order valence-corrected chi connectivity index (χ1v) is 14.5. The minimum absolute atomic E-state index is 0.515. The molecule has 0 aliphatic heterocycles. The van der Waals surface area contributed by atoms with Gasteiger partial charge < -0.3 is 5.32 Å². The summed E-state index contributed by atoms with van der Waals surface area (Å²) < 4.78 is 0. The highest BCUT2D eigenvalue weighted by molar-refractivity contribution is 5.96. The maximum absolute atomic E-state index is 3.76. The molecule has 40 heavy (non-hydrogen) atoms. The highest BCUT2D eigenvalue weighted by atomic mass is 15.1. The Morgan fingerprint density at radius 2 is 1.45 bits per heavy atom. The van der Waals surface area contributed by atoms with Crippen molar-refractivity contribution in [2.75, 3.05) is 0 Å². The molecule has 0 spiro atoms. The van der Waals surface area contributed by atoms with Crippen molar-refractivity contribution in [1.29, 1.82) is 0 Å². The van der Waals surface area contributed by atoms with Crippen molar-refractivity contribution in [2.24, 2.45) is 0 Å². The van der Waals surface area contributed by atoms with Gasteiger partial charge in [-0.1, -0.05) is 110 Å². The van der Waals surface area contributed by atoms with Gasteiger partial charge in [-0.15, -0.1) is 0 Å². The minimum atomic E-state index is 0.515. The van der Waals surface area contributed by atoms with Crippen molar-refractivity contribution in [3.8, 4) is 0 Å². The molecule has 2 aliphatic carbocycles. The Hall–Kier alpha value is -4.08. The number of rotatable bonds is 5. The average Bonchev–Trinajstić information content (AvgIpc) is 3.01. The van der Waals surface area contributed by atoms with Gasteiger partial charge in [0.1, 0.15) is 0 Å². The largest absolute Gasteiger partial charge is 0.310 e. The summed E-state index contributed by atoms with van der Waals surface area (Å²) in [5, 5.41) is 16.2. The zero-order chi connectivity index (χ0) is 27.3. The second-order valence-electron chi connectivity index (χ2n) is 11.2. The van der Waals surface area contributed by atoms with Crippen LogP contribution < -0.4 is 5.32 Å². The summed E-state index contributed by atoms with van der Waals surface area (Å²) in [4.78, 5) is 0. The third kappa shape index (κ3) is 5.76. The molecule has 7 rings (SSSR count). The van der Waals surface area contributed by atoms with Crippen LogP contribution in [0.25, 0.3) is 27.1 Å². The van der Waals surface area contributed by atoms with Crippen LogP contribution in [0.2, 0.25) is 0 Å². The van der Waals surface area contributed by atoms with Crippen LogP contribution in [0.5, 0.6) is 0 Å². The van der Waals surface area contributed by atoms with Gasteiger partial charge in [-0.2, -0.15) is 10.2 Å². The maximum Gasteiger partial charge on any atom is 0.0574 e. The highest BCUT2D eigenvalue weighted by Gasteiger charge is 2.21. The molecular formula is C37H37N3. The lowest BCUT2D eigenvalue weighted by atomic mass is 9.78. The molecule has 1 N–H and O–H groups in total. The summed E-state index contributed by atoms with van der Waals surface area (Å²) in [5.41, 5.74) is 10.4. The minimum Gasteiger partial charge on any atom is -0.310 e. The Balaban J connectivity index is 0.000000242. The molecule has 0 saturated carbocycles. The molecule has 0 fully saturated rings. The number of fused-ring (bicyclic) bond motifs is 5. The summed E-state index contributed by atoms with van der Waals surface area (Å²) >= 11 is 0. The van der Waals surface area contributed by atoms with E-state index < -0.39 is 0 Å². The van der Waals surface area contributed by atoms with Crippen LogP contribution in [-0.4, -0.2) is 16.2 Å². The molecule has 5 aromatic rings. The predicted molar refractivity (Wildman–Crippen MR) is 168 cm³/mol. The number of aryl methyl sites for hydroxylation is 1. The normalized spacial score (nSPS) is 14.2. The van der Waals surface area contributed by atoms with Crippen LogP contribution in [0.4, 0.5) is 0 Å². The maximum atomic E-state index is 3.76. The van der Waals surface area contributed by atoms with Gasteiger partial charge in [0.15, 0.2) is 0 Å². The molecule has 0 unspecified atom stereocenters. The Kier molecular flexibility index (Phi) is 7.83. The monoisotopic (exact) mass is 523 g/mol. The molecule has 2 aliphatic rings. The average molecular weight is 524 g/mol. The number of hydrogen-bond acceptors (Lipinski definition) is 3. The summed E-state index contributed by atoms with van der Waals surface area (Å²) in [7, 11) is 0. The molecule has 1 aromatic heterocycles. The van der Waals surface area contributed by atoms with Crippen LogP contribution in [-0.2, 0) is 19.4 Å². The Morgan fingerprint density at radius 3 is 2.20 bits per heavy atom. The Labute approximate surface area is 237 Å². The Bertz CT molecular complexity index is 1630.